The van der Waals surface area contributed by atoms with Crippen LogP contribution in [0.4, 0.5) is 0 Å². The highest BCUT2D eigenvalue weighted by molar-refractivity contribution is 5.82. The molecule has 0 aromatic carbocycles. The zero-order valence-electron chi connectivity index (χ0n) is 9.12. The predicted octanol–water partition coefficient (Wildman–Crippen LogP) is 0.0932. The lowest BCUT2D eigenvalue weighted by Crippen LogP contribution is -2.42. The Kier molecular flexibility index (Phi) is 3.34. The predicted molar refractivity (Wildman–Crippen MR) is 55.2 cm³/mol. The monoisotopic (exact) mass is 214 g/mol. The average molecular weight is 214 g/mol. The molecule has 0 saturated heterocycles. The highest BCUT2D eigenvalue weighted by Gasteiger charge is 2.46. The van der Waals surface area contributed by atoms with Crippen LogP contribution < -0.4 is 11.1 Å². The Bertz CT molecular complexity index is 276. The standard InChI is InChI=1S/C10H18N2O3/c1-10(2)5-7(10)12-9(15)6(11)3-4-8(13)14/h6-7H,3-5,11H2,1-2H3,(H,12,15)(H,13,14). The quantitative estimate of drug-likeness (QED) is 0.605. The Hall–Kier alpha value is -1.10. The van der Waals surface area contributed by atoms with Crippen molar-refractivity contribution >= 4 is 11.9 Å². The molecule has 1 aliphatic carbocycles. The van der Waals surface area contributed by atoms with Gasteiger partial charge in [-0.25, -0.2) is 0 Å². The van der Waals surface area contributed by atoms with E-state index >= 15 is 0 Å². The second-order valence-electron chi connectivity index (χ2n) is 4.79. The van der Waals surface area contributed by atoms with Crippen LogP contribution in [0.2, 0.25) is 0 Å². The van der Waals surface area contributed by atoms with Gasteiger partial charge >= 0.3 is 5.97 Å². The van der Waals surface area contributed by atoms with Crippen LogP contribution in [0.15, 0.2) is 0 Å². The lowest BCUT2D eigenvalue weighted by molar-refractivity contribution is -0.137. The molecule has 5 nitrogen and oxygen atoms in total. The summed E-state index contributed by atoms with van der Waals surface area (Å²) in [6.07, 6.45) is 1.08. The maximum absolute atomic E-state index is 11.5. The molecule has 5 heteroatoms. The minimum Gasteiger partial charge on any atom is -0.481 e. The van der Waals surface area contributed by atoms with Crippen molar-refractivity contribution in [1.29, 1.82) is 0 Å². The molecule has 0 heterocycles. The zero-order valence-corrected chi connectivity index (χ0v) is 9.12. The van der Waals surface area contributed by atoms with E-state index < -0.39 is 12.0 Å². The van der Waals surface area contributed by atoms with E-state index in [-0.39, 0.29) is 30.2 Å². The first-order chi connectivity index (χ1) is 6.83. The summed E-state index contributed by atoms with van der Waals surface area (Å²) < 4.78 is 0. The second-order valence-corrected chi connectivity index (χ2v) is 4.79. The molecule has 2 unspecified atom stereocenters. The van der Waals surface area contributed by atoms with Crippen molar-refractivity contribution in [2.24, 2.45) is 11.1 Å². The molecule has 1 aliphatic rings. The van der Waals surface area contributed by atoms with E-state index in [0.717, 1.165) is 6.42 Å². The van der Waals surface area contributed by atoms with Gasteiger partial charge < -0.3 is 16.2 Å². The van der Waals surface area contributed by atoms with Gasteiger partial charge in [0.1, 0.15) is 0 Å². The number of nitrogens with one attached hydrogen (secondary N) is 1. The van der Waals surface area contributed by atoms with Gasteiger partial charge in [-0.2, -0.15) is 0 Å². The zero-order chi connectivity index (χ0) is 11.6. The van der Waals surface area contributed by atoms with E-state index in [4.69, 9.17) is 10.8 Å². The summed E-state index contributed by atoms with van der Waals surface area (Å²) in [4.78, 5) is 21.7. The summed E-state index contributed by atoms with van der Waals surface area (Å²) in [6.45, 7) is 4.14. The number of aliphatic carboxylic acids is 1. The van der Waals surface area contributed by atoms with Crippen molar-refractivity contribution in [3.05, 3.63) is 0 Å². The number of rotatable bonds is 5. The average Bonchev–Trinajstić information content (AvgIpc) is 2.69. The van der Waals surface area contributed by atoms with Gasteiger partial charge in [0.15, 0.2) is 0 Å². The first-order valence-corrected chi connectivity index (χ1v) is 5.10. The van der Waals surface area contributed by atoms with E-state index in [0.29, 0.717) is 0 Å². The Balaban J connectivity index is 2.25. The topological polar surface area (TPSA) is 92.4 Å². The maximum Gasteiger partial charge on any atom is 0.303 e. The van der Waals surface area contributed by atoms with Crippen molar-refractivity contribution in [2.45, 2.75) is 45.2 Å². The second kappa shape index (κ2) is 4.18. The van der Waals surface area contributed by atoms with E-state index in [2.05, 4.69) is 19.2 Å². The van der Waals surface area contributed by atoms with E-state index in [1.807, 2.05) is 0 Å². The lowest BCUT2D eigenvalue weighted by atomic mass is 10.1. The molecule has 0 aliphatic heterocycles. The van der Waals surface area contributed by atoms with Gasteiger partial charge in [-0.05, 0) is 18.3 Å². The van der Waals surface area contributed by atoms with Gasteiger partial charge in [0, 0.05) is 12.5 Å². The lowest BCUT2D eigenvalue weighted by Gasteiger charge is -2.12. The van der Waals surface area contributed by atoms with Crippen molar-refractivity contribution in [2.75, 3.05) is 0 Å². The fourth-order valence-corrected chi connectivity index (χ4v) is 1.40. The van der Waals surface area contributed by atoms with Crippen LogP contribution in [0.3, 0.4) is 0 Å². The largest absolute Gasteiger partial charge is 0.481 e. The van der Waals surface area contributed by atoms with Gasteiger partial charge in [0.25, 0.3) is 0 Å². The van der Waals surface area contributed by atoms with Crippen LogP contribution in [0.1, 0.15) is 33.1 Å². The van der Waals surface area contributed by atoms with Crippen molar-refractivity contribution in [3.63, 3.8) is 0 Å². The van der Waals surface area contributed by atoms with Crippen LogP contribution >= 0.6 is 0 Å². The number of carboxylic acid groups (broad SMARTS) is 1. The molecule has 4 N–H and O–H groups in total. The maximum atomic E-state index is 11.5. The molecule has 15 heavy (non-hydrogen) atoms. The van der Waals surface area contributed by atoms with Gasteiger partial charge in [-0.1, -0.05) is 13.8 Å². The number of carbonyl (C=O) groups excluding carboxylic acids is 1. The normalized spacial score (nSPS) is 24.3. The highest BCUT2D eigenvalue weighted by Crippen LogP contribution is 2.44. The Morgan fingerprint density at radius 2 is 2.13 bits per heavy atom. The Morgan fingerprint density at radius 1 is 1.60 bits per heavy atom. The van der Waals surface area contributed by atoms with Gasteiger partial charge in [0.2, 0.25) is 5.91 Å². The fourth-order valence-electron chi connectivity index (χ4n) is 1.40. The summed E-state index contributed by atoms with van der Waals surface area (Å²) in [5.41, 5.74) is 5.72. The summed E-state index contributed by atoms with van der Waals surface area (Å²) in [6, 6.07) is -0.515. The van der Waals surface area contributed by atoms with Crippen LogP contribution in [0.25, 0.3) is 0 Å². The molecule has 1 rings (SSSR count). The third kappa shape index (κ3) is 3.51. The van der Waals surface area contributed by atoms with E-state index in [9.17, 15) is 9.59 Å². The molecule has 0 aromatic heterocycles. The molecule has 1 saturated carbocycles. The van der Waals surface area contributed by atoms with Crippen molar-refractivity contribution < 1.29 is 14.7 Å². The first kappa shape index (κ1) is 12.0. The number of nitrogens with two attached hydrogens (primary N) is 1. The summed E-state index contributed by atoms with van der Waals surface area (Å²) in [5, 5.41) is 11.2. The molecule has 0 aromatic rings. The Labute approximate surface area is 89.0 Å². The van der Waals surface area contributed by atoms with Crippen LogP contribution in [0, 0.1) is 5.41 Å². The van der Waals surface area contributed by atoms with Crippen molar-refractivity contribution in [1.82, 2.24) is 5.32 Å². The third-order valence-electron chi connectivity index (χ3n) is 2.84. The van der Waals surface area contributed by atoms with Crippen LogP contribution in [-0.4, -0.2) is 29.1 Å². The van der Waals surface area contributed by atoms with Crippen molar-refractivity contribution in [3.8, 4) is 0 Å². The molecular weight excluding hydrogens is 196 g/mol. The molecule has 2 atom stereocenters. The first-order valence-electron chi connectivity index (χ1n) is 5.10. The summed E-state index contributed by atoms with van der Waals surface area (Å²) in [7, 11) is 0. The van der Waals surface area contributed by atoms with E-state index in [1.54, 1.807) is 0 Å². The Morgan fingerprint density at radius 3 is 2.53 bits per heavy atom. The van der Waals surface area contributed by atoms with E-state index in [1.165, 1.54) is 0 Å². The molecule has 0 bridgehead atoms. The smallest absolute Gasteiger partial charge is 0.303 e. The summed E-state index contributed by atoms with van der Waals surface area (Å²) in [5.74, 6) is -1.17. The van der Waals surface area contributed by atoms with Gasteiger partial charge in [-0.3, -0.25) is 9.59 Å². The molecular formula is C10H18N2O3. The molecule has 86 valence electrons. The minimum absolute atomic E-state index is 0.0668. The summed E-state index contributed by atoms with van der Waals surface area (Å²) >= 11 is 0. The fraction of sp³-hybridized carbons (Fsp3) is 0.800. The highest BCUT2D eigenvalue weighted by atomic mass is 16.4. The number of amides is 1. The van der Waals surface area contributed by atoms with Crippen LogP contribution in [-0.2, 0) is 9.59 Å². The SMILES string of the molecule is CC1(C)CC1NC(=O)C(N)CCC(=O)O. The number of hydrogen-bond acceptors (Lipinski definition) is 3. The number of carboxylic acids is 1. The molecule has 0 spiro atoms. The third-order valence-corrected chi connectivity index (χ3v) is 2.84. The van der Waals surface area contributed by atoms with Gasteiger partial charge in [-0.15, -0.1) is 0 Å². The molecule has 1 fully saturated rings. The number of hydrogen-bond donors (Lipinski definition) is 3. The molecule has 1 amide bonds. The van der Waals surface area contributed by atoms with Gasteiger partial charge in [0.05, 0.1) is 6.04 Å². The molecule has 0 radical (unpaired) electrons. The van der Waals surface area contributed by atoms with Crippen LogP contribution in [0.5, 0.6) is 0 Å². The number of carbonyl (C=O) groups is 2. The minimum atomic E-state index is -0.926.